The fraction of sp³-hybridized carbons (Fsp3) is 0.302. The Labute approximate surface area is 458 Å². The summed E-state index contributed by atoms with van der Waals surface area (Å²) in [5.41, 5.74) is -28.7. The number of hydrogen-bond acceptors (Lipinski definition) is 5. The van der Waals surface area contributed by atoms with Crippen LogP contribution in [0.5, 0.6) is 0 Å². The summed E-state index contributed by atoms with van der Waals surface area (Å²) in [6, 6.07) is 8.69. The van der Waals surface area contributed by atoms with Crippen LogP contribution in [-0.2, 0) is 49.4 Å². The van der Waals surface area contributed by atoms with Crippen molar-refractivity contribution in [1.29, 1.82) is 0 Å². The van der Waals surface area contributed by atoms with Crippen molar-refractivity contribution in [3.63, 3.8) is 0 Å². The van der Waals surface area contributed by atoms with E-state index >= 15 is 0 Å². The van der Waals surface area contributed by atoms with Gasteiger partial charge < -0.3 is 20.4 Å². The molecule has 31 heteroatoms. The topological polar surface area (TPSA) is 87.2 Å². The summed E-state index contributed by atoms with van der Waals surface area (Å²) in [5.74, 6) is 0. The molecule has 6 nitrogen and oxygen atoms in total. The Morgan fingerprint density at radius 2 is 0.619 bits per heavy atom. The van der Waals surface area contributed by atoms with Gasteiger partial charge in [0.05, 0.1) is 57.7 Å². The first-order chi connectivity index (χ1) is 38.4. The van der Waals surface area contributed by atoms with E-state index in [0.717, 1.165) is 11.1 Å². The largest absolute Gasteiger partial charge is 0.416 e. The van der Waals surface area contributed by atoms with Gasteiger partial charge in [0.1, 0.15) is 43.5 Å². The van der Waals surface area contributed by atoms with Crippen LogP contribution in [0.4, 0.5) is 105 Å². The fourth-order valence-corrected chi connectivity index (χ4v) is 9.63. The molecule has 0 unspecified atom stereocenters. The highest BCUT2D eigenvalue weighted by Crippen LogP contribution is 2.42. The van der Waals surface area contributed by atoms with Crippen LogP contribution in [0.15, 0.2) is 133 Å². The van der Waals surface area contributed by atoms with E-state index in [1.165, 1.54) is 0 Å². The van der Waals surface area contributed by atoms with Gasteiger partial charge in [0, 0.05) is 0 Å². The molecule has 0 bridgehead atoms. The zero-order chi connectivity index (χ0) is 63.1. The smallest absolute Gasteiger partial charge is 0.392 e. The van der Waals surface area contributed by atoms with Crippen molar-refractivity contribution in [3.05, 3.63) is 189 Å². The summed E-state index contributed by atoms with van der Waals surface area (Å²) in [4.78, 5) is 1.87. The van der Waals surface area contributed by atoms with Gasteiger partial charge in [-0.25, -0.2) is 0 Å². The highest BCUT2D eigenvalue weighted by molar-refractivity contribution is 7.20. The van der Waals surface area contributed by atoms with E-state index in [1.54, 1.807) is 6.34 Å². The number of benzene rings is 6. The van der Waals surface area contributed by atoms with Crippen molar-refractivity contribution in [3.8, 4) is 0 Å². The van der Waals surface area contributed by atoms with E-state index in [0.29, 0.717) is 13.1 Å². The molecule has 4 atom stereocenters. The predicted octanol–water partition coefficient (Wildman–Crippen LogP) is 11.7. The number of hydrogen-bond donors (Lipinski definition) is 4. The predicted molar refractivity (Wildman–Crippen MR) is 253 cm³/mol. The van der Waals surface area contributed by atoms with Crippen molar-refractivity contribution in [1.82, 2.24) is 4.90 Å². The maximum Gasteiger partial charge on any atom is 0.416 e. The molecule has 4 N–H and O–H groups in total. The fourth-order valence-electron chi connectivity index (χ4n) is 9.63. The van der Waals surface area contributed by atoms with E-state index in [4.69, 9.17) is 0 Å². The number of rotatable bonds is 12. The summed E-state index contributed by atoms with van der Waals surface area (Å²) in [7, 11) is 0. The molecule has 0 aromatic heterocycles. The van der Waals surface area contributed by atoms with Crippen LogP contribution >= 0.6 is 0 Å². The minimum atomic E-state index is -6.13. The molecule has 0 aliphatic carbocycles. The summed E-state index contributed by atoms with van der Waals surface area (Å²) < 4.78 is 343. The second-order valence-electron chi connectivity index (χ2n) is 19.0. The van der Waals surface area contributed by atoms with Crippen molar-refractivity contribution in [2.45, 2.75) is 73.7 Å². The molecule has 0 amide bonds. The molecule has 1 aliphatic heterocycles. The zero-order valence-electron chi connectivity index (χ0n) is 41.7. The lowest BCUT2D eigenvalue weighted by Crippen LogP contribution is -2.75. The Hall–Kier alpha value is -6.99. The summed E-state index contributed by atoms with van der Waals surface area (Å²) in [6.07, 6.45) is -54.7. The van der Waals surface area contributed by atoms with E-state index in [9.17, 15) is 126 Å². The molecule has 0 saturated carbocycles. The molecule has 84 heavy (non-hydrogen) atoms. The average Bonchev–Trinajstić information content (AvgIpc) is 1.07. The van der Waals surface area contributed by atoms with Crippen LogP contribution < -0.4 is 21.9 Å². The Morgan fingerprint density at radius 3 is 0.845 bits per heavy atom. The Bertz CT molecular complexity index is 2840. The molecular weight excluding hydrogens is 1200 g/mol. The maximum atomic E-state index is 14.2. The minimum absolute atomic E-state index is 0.203. The van der Waals surface area contributed by atoms with Gasteiger partial charge in [-0.1, -0.05) is 109 Å². The zero-order valence-corrected chi connectivity index (χ0v) is 41.7. The van der Waals surface area contributed by atoms with Crippen molar-refractivity contribution in [2.24, 2.45) is 0 Å². The van der Waals surface area contributed by atoms with Crippen molar-refractivity contribution < 1.29 is 130 Å². The molecule has 6 aromatic rings. The van der Waals surface area contributed by atoms with E-state index in [1.807, 2.05) is 70.1 Å². The molecule has 6 aromatic carbocycles. The first-order valence-electron chi connectivity index (χ1n) is 23.8. The number of aliphatic hydroxyl groups excluding tert-OH is 4. The second kappa shape index (κ2) is 23.8. The molecule has 1 heterocycles. The van der Waals surface area contributed by atoms with Gasteiger partial charge in [-0.05, 0) is 35.4 Å². The van der Waals surface area contributed by atoms with Gasteiger partial charge in [0.25, 0.3) is 0 Å². The number of aliphatic hydroxyl groups is 4. The highest BCUT2D eigenvalue weighted by atomic mass is 19.4. The molecular formula is C53H39BF24N2O4. The second-order valence-corrected chi connectivity index (χ2v) is 19.0. The maximum absolute atomic E-state index is 14.2. The standard InChI is InChI=1S/C32H12BF24.C21H27N2O4/c34-25(35,36)13-1-14(26(37,38)39)6-21(5-13)33(22-7-15(27(40,41)42)2-16(8-22)28(43,44)45,23-9-17(29(46,47)48)3-18(10-23)30(49,50)51)24-11-19(31(52,53)54)4-20(12-24)32(55,56)57;24-13-18(20(26)16-7-3-1-4-8-16)22-11-12-23(15-22)19(14-25)21(27)17-9-5-2-6-10-17/h1-12H;1-10,15,18-21,24-27H,11-14H2/q-1;+1/t;18-,19-,20-,21-/m.1/s1. The number of alkyl halides is 24. The molecule has 0 fully saturated rings. The Balaban J connectivity index is 0.000000347. The lowest BCUT2D eigenvalue weighted by Gasteiger charge is -2.46. The average molecular weight is 1230 g/mol. The summed E-state index contributed by atoms with van der Waals surface area (Å²) in [6.45, 7) is 0.775. The van der Waals surface area contributed by atoms with E-state index in [-0.39, 0.29) is 13.2 Å². The first kappa shape index (κ1) is 66.2. The van der Waals surface area contributed by atoms with Crippen LogP contribution in [0.1, 0.15) is 67.8 Å². The van der Waals surface area contributed by atoms with Gasteiger partial charge >= 0.3 is 49.4 Å². The van der Waals surface area contributed by atoms with Crippen molar-refractivity contribution in [2.75, 3.05) is 26.3 Å². The van der Waals surface area contributed by atoms with Crippen LogP contribution in [0.3, 0.4) is 0 Å². The number of nitrogens with zero attached hydrogens (tertiary/aromatic N) is 2. The first-order valence-corrected chi connectivity index (χ1v) is 23.8. The van der Waals surface area contributed by atoms with Gasteiger partial charge in [-0.3, -0.25) is 9.48 Å². The minimum Gasteiger partial charge on any atom is -0.392 e. The van der Waals surface area contributed by atoms with Gasteiger partial charge in [0.2, 0.25) is 6.34 Å². The van der Waals surface area contributed by atoms with Crippen LogP contribution in [-0.4, -0.2) is 80.8 Å². The van der Waals surface area contributed by atoms with Gasteiger partial charge in [0.15, 0.2) is 0 Å². The Morgan fingerprint density at radius 1 is 0.369 bits per heavy atom. The van der Waals surface area contributed by atoms with Crippen LogP contribution in [0.2, 0.25) is 0 Å². The third-order valence-electron chi connectivity index (χ3n) is 13.6. The molecule has 1 aliphatic rings. The summed E-state index contributed by atoms with van der Waals surface area (Å²) in [5, 5.41) is 41.0. The third kappa shape index (κ3) is 14.9. The molecule has 456 valence electrons. The highest BCUT2D eigenvalue weighted by Gasteiger charge is 2.48. The van der Waals surface area contributed by atoms with Gasteiger partial charge in [-0.2, -0.15) is 127 Å². The number of halogens is 24. The molecule has 7 rings (SSSR count). The molecule has 0 spiro atoms. The van der Waals surface area contributed by atoms with Gasteiger partial charge in [-0.15, -0.1) is 0 Å². The van der Waals surface area contributed by atoms with Crippen LogP contribution in [0, 0.1) is 0 Å². The van der Waals surface area contributed by atoms with Crippen molar-refractivity contribution >= 4 is 34.3 Å². The van der Waals surface area contributed by atoms with Crippen LogP contribution in [0.25, 0.3) is 0 Å². The SMILES string of the molecule is FC(F)(F)c1cc([B-](c2cc(C(F)(F)F)cc(C(F)(F)F)c2)(c2cc(C(F)(F)F)cc(C(F)(F)F)c2)c2cc(C(F)(F)F)cc(C(F)(F)F)c2)cc(C(F)(F)F)c1.OC[C@H]([C@H](O)c1ccccc1)N1C=[N+]([C@H](CO)[C@H](O)c2ccccc2)CC1. The molecule has 0 radical (unpaired) electrons. The monoisotopic (exact) mass is 1230 g/mol. The summed E-state index contributed by atoms with van der Waals surface area (Å²) >= 11 is 0. The molecule has 0 saturated heterocycles. The van der Waals surface area contributed by atoms with E-state index in [2.05, 4.69) is 0 Å². The Kier molecular flexibility index (Phi) is 18.8. The lowest BCUT2D eigenvalue weighted by molar-refractivity contribution is -0.568. The van der Waals surface area contributed by atoms with E-state index < -0.39 is 219 Å². The lowest BCUT2D eigenvalue weighted by atomic mass is 9.12. The normalized spacial score (nSPS) is 15.7. The quantitative estimate of drug-likeness (QED) is 0.0557. The third-order valence-corrected chi connectivity index (χ3v) is 13.6.